The van der Waals surface area contributed by atoms with Crippen molar-refractivity contribution < 1.29 is 43.7 Å². The fraction of sp³-hybridized carbons (Fsp3) is 0.522. The topological polar surface area (TPSA) is 107 Å². The number of hydrogen-bond donors (Lipinski definition) is 0. The average molecular weight is 450 g/mol. The quantitative estimate of drug-likeness (QED) is 0.331. The molecule has 9 nitrogen and oxygen atoms in total. The van der Waals surface area contributed by atoms with Crippen LogP contribution in [0.5, 0.6) is 0 Å². The van der Waals surface area contributed by atoms with E-state index < -0.39 is 34.7 Å². The Labute approximate surface area is 188 Å². The van der Waals surface area contributed by atoms with Crippen molar-refractivity contribution in [2.24, 2.45) is 0 Å². The molecule has 1 aromatic rings. The zero-order chi connectivity index (χ0) is 24.4. The van der Waals surface area contributed by atoms with E-state index in [1.807, 2.05) is 20.8 Å². The first-order chi connectivity index (χ1) is 14.7. The minimum absolute atomic E-state index is 0.218. The van der Waals surface area contributed by atoms with E-state index in [1.54, 1.807) is 45.9 Å². The van der Waals surface area contributed by atoms with Crippen molar-refractivity contribution in [3.63, 3.8) is 0 Å². The first-order valence-electron chi connectivity index (χ1n) is 9.95. The van der Waals surface area contributed by atoms with Crippen molar-refractivity contribution in [2.45, 2.75) is 78.1 Å². The molecule has 0 N–H and O–H groups in total. The highest BCUT2D eigenvalue weighted by molar-refractivity contribution is 5.89. The third-order valence-electron chi connectivity index (χ3n) is 3.26. The van der Waals surface area contributed by atoms with E-state index in [4.69, 9.17) is 19.6 Å². The molecule has 9 heteroatoms. The van der Waals surface area contributed by atoms with Gasteiger partial charge in [0.15, 0.2) is 11.2 Å². The molecule has 0 fully saturated rings. The summed E-state index contributed by atoms with van der Waals surface area (Å²) in [6.07, 6.45) is -0.722. The normalized spacial score (nSPS) is 11.7. The predicted octanol–water partition coefficient (Wildman–Crippen LogP) is 3.86. The molecule has 0 aliphatic heterocycles. The van der Waals surface area contributed by atoms with Gasteiger partial charge in [0.2, 0.25) is 0 Å². The number of carbonyl (C=O) groups excluding carboxylic acids is 3. The van der Waals surface area contributed by atoms with E-state index in [2.05, 4.69) is 21.6 Å². The average Bonchev–Trinajstić information content (AvgIpc) is 2.72. The lowest BCUT2D eigenvalue weighted by Crippen LogP contribution is -2.31. The van der Waals surface area contributed by atoms with Gasteiger partial charge in [-0.25, -0.2) is 33.9 Å². The van der Waals surface area contributed by atoms with Crippen LogP contribution in [0.3, 0.4) is 0 Å². The standard InChI is InChI=1S/C23H30O9/c1-21(2,3)30-32-23(6,7)16-15-22(4,5)31-28-19(25)14-13-18(24)27-29-20(26)17-11-9-8-10-12-17/h8-12H,13-14H2,1-7H3. The van der Waals surface area contributed by atoms with Gasteiger partial charge in [0.1, 0.15) is 0 Å². The summed E-state index contributed by atoms with van der Waals surface area (Å²) in [6, 6.07) is 7.99. The van der Waals surface area contributed by atoms with Gasteiger partial charge in [0.05, 0.1) is 24.0 Å². The molecule has 0 radical (unpaired) electrons. The lowest BCUT2D eigenvalue weighted by Gasteiger charge is -2.25. The molecule has 0 saturated carbocycles. The largest absolute Gasteiger partial charge is 0.386 e. The molecule has 0 bridgehead atoms. The van der Waals surface area contributed by atoms with Gasteiger partial charge >= 0.3 is 17.9 Å². The van der Waals surface area contributed by atoms with Crippen molar-refractivity contribution in [1.82, 2.24) is 0 Å². The molecule has 0 aliphatic rings. The summed E-state index contributed by atoms with van der Waals surface area (Å²) in [5, 5.41) is 0. The van der Waals surface area contributed by atoms with E-state index in [0.717, 1.165) is 0 Å². The van der Waals surface area contributed by atoms with Gasteiger partial charge in [-0.15, -0.1) is 0 Å². The maximum atomic E-state index is 11.8. The van der Waals surface area contributed by atoms with Crippen molar-refractivity contribution in [1.29, 1.82) is 0 Å². The molecule has 0 aromatic heterocycles. The molecule has 176 valence electrons. The molecule has 1 rings (SSSR count). The fourth-order valence-electron chi connectivity index (χ4n) is 1.72. The van der Waals surface area contributed by atoms with Crippen molar-refractivity contribution in [2.75, 3.05) is 0 Å². The highest BCUT2D eigenvalue weighted by Gasteiger charge is 2.25. The van der Waals surface area contributed by atoms with Gasteiger partial charge in [0, 0.05) is 0 Å². The third kappa shape index (κ3) is 12.1. The SMILES string of the molecule is CC(C)(C)OOC(C)(C)C#CC(C)(C)OOC(=O)CCC(=O)OOC(=O)c1ccccc1. The molecule has 0 spiro atoms. The molecular weight excluding hydrogens is 420 g/mol. The second kappa shape index (κ2) is 11.6. The van der Waals surface area contributed by atoms with Crippen LogP contribution in [0.4, 0.5) is 0 Å². The molecule has 0 unspecified atom stereocenters. The van der Waals surface area contributed by atoms with Crippen LogP contribution in [0.1, 0.15) is 71.7 Å². The lowest BCUT2D eigenvalue weighted by atomic mass is 10.1. The van der Waals surface area contributed by atoms with Gasteiger partial charge in [-0.2, -0.15) is 4.89 Å². The summed E-state index contributed by atoms with van der Waals surface area (Å²) in [4.78, 5) is 64.3. The Kier molecular flexibility index (Phi) is 9.84. The molecule has 0 atom stereocenters. The summed E-state index contributed by atoms with van der Waals surface area (Å²) in [7, 11) is 0. The van der Waals surface area contributed by atoms with Gasteiger partial charge in [-0.3, -0.25) is 4.89 Å². The number of carbonyl (C=O) groups is 3. The molecular formula is C23H30O9. The van der Waals surface area contributed by atoms with Gasteiger partial charge < -0.3 is 0 Å². The van der Waals surface area contributed by atoms with Crippen LogP contribution >= 0.6 is 0 Å². The Balaban J connectivity index is 2.38. The highest BCUT2D eigenvalue weighted by atomic mass is 17.2. The number of rotatable bonds is 8. The first kappa shape index (κ1) is 27.1. The second-order valence-corrected chi connectivity index (χ2v) is 8.78. The molecule has 0 saturated heterocycles. The smallest absolute Gasteiger partial charge is 0.297 e. The van der Waals surface area contributed by atoms with E-state index in [-0.39, 0.29) is 18.4 Å². The zero-order valence-electron chi connectivity index (χ0n) is 19.5. The van der Waals surface area contributed by atoms with Crippen molar-refractivity contribution >= 4 is 17.9 Å². The van der Waals surface area contributed by atoms with Crippen molar-refractivity contribution in [3.8, 4) is 11.8 Å². The lowest BCUT2D eigenvalue weighted by molar-refractivity contribution is -0.384. The maximum absolute atomic E-state index is 11.8. The molecule has 0 heterocycles. The van der Waals surface area contributed by atoms with Crippen LogP contribution in [0.2, 0.25) is 0 Å². The predicted molar refractivity (Wildman–Crippen MR) is 112 cm³/mol. The Morgan fingerprint density at radius 3 is 1.72 bits per heavy atom. The minimum Gasteiger partial charge on any atom is -0.297 e. The van der Waals surface area contributed by atoms with Crippen LogP contribution < -0.4 is 0 Å². The Hall–Kier alpha value is -2.93. The first-order valence-corrected chi connectivity index (χ1v) is 9.95. The monoisotopic (exact) mass is 450 g/mol. The Morgan fingerprint density at radius 2 is 1.19 bits per heavy atom. The summed E-state index contributed by atoms with van der Waals surface area (Å²) >= 11 is 0. The summed E-state index contributed by atoms with van der Waals surface area (Å²) in [5.74, 6) is 3.09. The van der Waals surface area contributed by atoms with Crippen LogP contribution in [-0.4, -0.2) is 34.7 Å². The minimum atomic E-state index is -1.15. The second-order valence-electron chi connectivity index (χ2n) is 8.78. The fourth-order valence-corrected chi connectivity index (χ4v) is 1.72. The summed E-state index contributed by atoms with van der Waals surface area (Å²) in [5.41, 5.74) is -2.36. The van der Waals surface area contributed by atoms with Gasteiger partial charge in [-0.05, 0) is 60.6 Å². The highest BCUT2D eigenvalue weighted by Crippen LogP contribution is 2.17. The third-order valence-corrected chi connectivity index (χ3v) is 3.26. The van der Waals surface area contributed by atoms with E-state index in [1.165, 1.54) is 12.1 Å². The molecule has 0 aliphatic carbocycles. The van der Waals surface area contributed by atoms with Crippen LogP contribution in [0.15, 0.2) is 30.3 Å². The Bertz CT molecular complexity index is 840. The van der Waals surface area contributed by atoms with E-state index >= 15 is 0 Å². The van der Waals surface area contributed by atoms with E-state index in [9.17, 15) is 14.4 Å². The zero-order valence-corrected chi connectivity index (χ0v) is 19.5. The van der Waals surface area contributed by atoms with E-state index in [0.29, 0.717) is 0 Å². The number of benzene rings is 1. The Morgan fingerprint density at radius 1 is 0.688 bits per heavy atom. The van der Waals surface area contributed by atoms with Crippen LogP contribution in [0.25, 0.3) is 0 Å². The number of hydrogen-bond acceptors (Lipinski definition) is 9. The van der Waals surface area contributed by atoms with Gasteiger partial charge in [-0.1, -0.05) is 30.0 Å². The maximum Gasteiger partial charge on any atom is 0.386 e. The van der Waals surface area contributed by atoms with Crippen molar-refractivity contribution in [3.05, 3.63) is 35.9 Å². The summed E-state index contributed by atoms with van der Waals surface area (Å²) < 4.78 is 0. The van der Waals surface area contributed by atoms with Crippen LogP contribution in [-0.2, 0) is 38.9 Å². The van der Waals surface area contributed by atoms with Crippen LogP contribution in [0, 0.1) is 11.8 Å². The summed E-state index contributed by atoms with van der Waals surface area (Å²) in [6.45, 7) is 12.1. The van der Waals surface area contributed by atoms with Gasteiger partial charge in [0.25, 0.3) is 0 Å². The molecule has 32 heavy (non-hydrogen) atoms. The molecule has 0 amide bonds. The molecule has 1 aromatic carbocycles.